The van der Waals surface area contributed by atoms with E-state index in [1.807, 2.05) is 68.1 Å². The van der Waals surface area contributed by atoms with Crippen molar-refractivity contribution in [3.63, 3.8) is 0 Å². The predicted octanol–water partition coefficient (Wildman–Crippen LogP) is 8.71. The number of hydrogen-bond acceptors (Lipinski definition) is 8. The van der Waals surface area contributed by atoms with Crippen molar-refractivity contribution in [1.29, 1.82) is 0 Å². The van der Waals surface area contributed by atoms with Crippen LogP contribution in [0.25, 0.3) is 33.0 Å². The summed E-state index contributed by atoms with van der Waals surface area (Å²) in [5, 5.41) is 1.58. The summed E-state index contributed by atoms with van der Waals surface area (Å²) in [6.45, 7) is 2.59. The Bertz CT molecular complexity index is 2960. The number of aromatic amines is 2. The van der Waals surface area contributed by atoms with E-state index in [4.69, 9.17) is 0 Å². The van der Waals surface area contributed by atoms with Gasteiger partial charge in [-0.25, -0.2) is 0 Å². The highest BCUT2D eigenvalue weighted by molar-refractivity contribution is 6.38. The van der Waals surface area contributed by atoms with Crippen LogP contribution in [-0.2, 0) is 44.4 Å². The van der Waals surface area contributed by atoms with Crippen molar-refractivity contribution in [3.8, 4) is 0 Å². The normalized spacial score (nSPS) is 17.5. The summed E-state index contributed by atoms with van der Waals surface area (Å²) in [6.07, 6.45) is -5.78. The van der Waals surface area contributed by atoms with Crippen LogP contribution in [0.4, 0.5) is 37.7 Å². The van der Waals surface area contributed by atoms with Crippen LogP contribution in [-0.4, -0.2) is 120 Å². The summed E-state index contributed by atoms with van der Waals surface area (Å²) < 4.78 is 81.3. The largest absolute Gasteiger partial charge is 0.416 e. The number of amides is 4. The van der Waals surface area contributed by atoms with E-state index in [0.29, 0.717) is 112 Å². The minimum absolute atomic E-state index is 0.274. The maximum Gasteiger partial charge on any atom is 0.416 e. The van der Waals surface area contributed by atoms with Crippen LogP contribution in [0.5, 0.6) is 0 Å². The van der Waals surface area contributed by atoms with Crippen LogP contribution in [0.1, 0.15) is 52.9 Å². The highest BCUT2D eigenvalue weighted by Crippen LogP contribution is 2.41. The molecule has 2 saturated heterocycles. The number of benzene rings is 4. The topological polar surface area (TPSA) is 119 Å². The van der Waals surface area contributed by atoms with Gasteiger partial charge in [0.1, 0.15) is 11.4 Å². The number of fused-ring (bicyclic) bond motifs is 2. The van der Waals surface area contributed by atoms with Gasteiger partial charge in [0, 0.05) is 122 Å². The molecule has 12 nitrogen and oxygen atoms in total. The number of nitrogens with zero attached hydrogens (tertiary/aromatic N) is 6. The molecule has 0 saturated carbocycles. The van der Waals surface area contributed by atoms with E-state index < -0.39 is 47.1 Å². The third kappa shape index (κ3) is 8.66. The van der Waals surface area contributed by atoms with Gasteiger partial charge in [-0.1, -0.05) is 55.0 Å². The van der Waals surface area contributed by atoms with Crippen molar-refractivity contribution >= 4 is 68.0 Å². The summed E-state index contributed by atoms with van der Waals surface area (Å²) in [7, 11) is 2.92. The lowest BCUT2D eigenvalue weighted by Crippen LogP contribution is -2.47. The number of imide groups is 2. The smallest absolute Gasteiger partial charge is 0.368 e. The maximum atomic E-state index is 14.1. The number of rotatable bonds is 12. The number of likely N-dealkylation sites (N-methyl/N-ethyl adjacent to an activating group) is 2. The van der Waals surface area contributed by atoms with Crippen LogP contribution in [0.3, 0.4) is 0 Å². The van der Waals surface area contributed by atoms with Gasteiger partial charge in [-0.15, -0.1) is 0 Å². The molecule has 0 atom stereocenters. The van der Waals surface area contributed by atoms with E-state index in [0.717, 1.165) is 73.7 Å². The number of carbonyl (C=O) groups excluding carboxylic acids is 4. The number of para-hydroxylation sites is 2. The summed E-state index contributed by atoms with van der Waals surface area (Å²) in [6, 6.07) is 25.6. The van der Waals surface area contributed by atoms with Crippen LogP contribution in [0.2, 0.25) is 0 Å². The lowest BCUT2D eigenvalue weighted by atomic mass is 9.96. The highest BCUT2D eigenvalue weighted by Gasteiger charge is 2.44. The molecule has 6 heterocycles. The van der Waals surface area contributed by atoms with E-state index in [-0.39, 0.29) is 11.4 Å². The first-order valence-corrected chi connectivity index (χ1v) is 23.7. The van der Waals surface area contributed by atoms with Gasteiger partial charge >= 0.3 is 12.4 Å². The van der Waals surface area contributed by atoms with Crippen molar-refractivity contribution in [2.24, 2.45) is 0 Å². The first-order chi connectivity index (χ1) is 34.0. The second-order valence-electron chi connectivity index (χ2n) is 18.4. The van der Waals surface area contributed by atoms with Crippen LogP contribution in [0.15, 0.2) is 108 Å². The molecule has 10 rings (SSSR count). The summed E-state index contributed by atoms with van der Waals surface area (Å²) in [5.41, 5.74) is 5.03. The number of carbonyl (C=O) groups is 4. The van der Waals surface area contributed by atoms with E-state index in [1.165, 1.54) is 26.2 Å². The molecule has 6 aromatic rings. The fraction of sp³-hybridized carbons (Fsp3) is 0.321. The quantitative estimate of drug-likeness (QED) is 0.0711. The van der Waals surface area contributed by atoms with Crippen molar-refractivity contribution < 1.29 is 45.5 Å². The lowest BCUT2D eigenvalue weighted by molar-refractivity contribution is -0.138. The summed E-state index contributed by atoms with van der Waals surface area (Å²) in [5.74, 6) is -1.74. The third-order valence-corrected chi connectivity index (χ3v) is 14.2. The Morgan fingerprint density at radius 3 is 1.20 bits per heavy atom. The number of alkyl halides is 6. The average Bonchev–Trinajstić information content (AvgIpc) is 4.05. The zero-order valence-corrected chi connectivity index (χ0v) is 39.0. The number of nitrogens with one attached hydrogen (secondary N) is 2. The lowest BCUT2D eigenvalue weighted by Gasteiger charge is -2.37. The first kappa shape index (κ1) is 47.2. The van der Waals surface area contributed by atoms with Gasteiger partial charge < -0.3 is 29.6 Å². The second kappa shape index (κ2) is 18.4. The monoisotopic (exact) mass is 976 g/mol. The highest BCUT2D eigenvalue weighted by atomic mass is 19.4. The zero-order chi connectivity index (χ0) is 49.9. The fourth-order valence-corrected chi connectivity index (χ4v) is 10.5. The molecular weight excluding hydrogens is 927 g/mol. The van der Waals surface area contributed by atoms with E-state index in [1.54, 1.807) is 12.1 Å². The molecule has 0 bridgehead atoms. The molecule has 18 heteroatoms. The molecule has 2 fully saturated rings. The van der Waals surface area contributed by atoms with Crippen molar-refractivity contribution in [1.82, 2.24) is 29.6 Å². The second-order valence-corrected chi connectivity index (χ2v) is 18.4. The zero-order valence-electron chi connectivity index (χ0n) is 39.0. The van der Waals surface area contributed by atoms with Gasteiger partial charge in [-0.2, -0.15) is 26.3 Å². The molecule has 0 spiro atoms. The molecule has 4 aliphatic rings. The Hall–Kier alpha value is -7.50. The van der Waals surface area contributed by atoms with Gasteiger partial charge in [-0.05, 0) is 74.2 Å². The van der Waals surface area contributed by atoms with Crippen molar-refractivity contribution in [2.75, 3.05) is 76.3 Å². The summed E-state index contributed by atoms with van der Waals surface area (Å²) in [4.78, 5) is 72.9. The predicted molar refractivity (Wildman–Crippen MR) is 258 cm³/mol. The molecule has 71 heavy (non-hydrogen) atoms. The Morgan fingerprint density at radius 2 is 0.817 bits per heavy atom. The maximum absolute atomic E-state index is 14.1. The Balaban J connectivity index is 0.878. The molecule has 368 valence electrons. The first-order valence-electron chi connectivity index (χ1n) is 23.7. The van der Waals surface area contributed by atoms with Gasteiger partial charge in [0.15, 0.2) is 0 Å². The fourth-order valence-electron chi connectivity index (χ4n) is 10.5. The molecule has 4 aromatic carbocycles. The van der Waals surface area contributed by atoms with Gasteiger partial charge in [0.05, 0.1) is 22.3 Å². The van der Waals surface area contributed by atoms with Gasteiger partial charge in [0.25, 0.3) is 23.6 Å². The molecule has 0 unspecified atom stereocenters. The molecular formula is C53H50F6N8O4. The van der Waals surface area contributed by atoms with Gasteiger partial charge in [0.2, 0.25) is 0 Å². The number of anilines is 2. The molecule has 4 aliphatic heterocycles. The summed E-state index contributed by atoms with van der Waals surface area (Å²) >= 11 is 0. The minimum atomic E-state index is -4.48. The third-order valence-electron chi connectivity index (χ3n) is 14.2. The van der Waals surface area contributed by atoms with E-state index in [2.05, 4.69) is 9.97 Å². The van der Waals surface area contributed by atoms with E-state index in [9.17, 15) is 45.5 Å². The van der Waals surface area contributed by atoms with Crippen LogP contribution < -0.4 is 9.80 Å². The molecule has 2 aromatic heterocycles. The molecule has 0 radical (unpaired) electrons. The van der Waals surface area contributed by atoms with Crippen LogP contribution >= 0.6 is 0 Å². The average molecular weight is 977 g/mol. The standard InChI is InChI=1S/C53H50F6N8O4/c1-62-48(68)44(46(50(62)70)66-26-22-64(23-27-66)34-14-10-12-32(30-34)52(54,55)56)42-36-16-6-8-18-38(36)60-40(42)20-4-3-5-21-41-43(37-17-7-9-19-39(37)61-41)45-47(51(71)63(2)49(45)69)67-28-24-65(25-29-67)35-15-11-13-33(31-35)53(57,58)59/h6-19,30-31,60-61H,3-5,20-29H2,1-2H3. The molecule has 4 amide bonds. The van der Waals surface area contributed by atoms with Gasteiger partial charge in [-0.3, -0.25) is 29.0 Å². The Kier molecular flexibility index (Phi) is 12.2. The number of halogens is 6. The number of unbranched alkanes of at least 4 members (excludes halogenated alkanes) is 2. The Morgan fingerprint density at radius 1 is 0.451 bits per heavy atom. The number of H-pyrrole nitrogens is 2. The van der Waals surface area contributed by atoms with Crippen LogP contribution in [0, 0.1) is 0 Å². The number of hydrogen-bond donors (Lipinski definition) is 2. The molecule has 0 aliphatic carbocycles. The van der Waals surface area contributed by atoms with Crippen molar-refractivity contribution in [3.05, 3.63) is 142 Å². The number of aromatic nitrogens is 2. The van der Waals surface area contributed by atoms with E-state index >= 15 is 0 Å². The number of aryl methyl sites for hydroxylation is 2. The van der Waals surface area contributed by atoms with Crippen molar-refractivity contribution in [2.45, 2.75) is 44.5 Å². The minimum Gasteiger partial charge on any atom is -0.368 e. The SMILES string of the molecule is CN1C(=O)C(c2c(CCCCCc3[nH]c4ccccc4c3C3=C(N4CCN(c5cccc(C(F)(F)F)c5)CC4)C(=O)N(C)C3=O)[nH]c3ccccc23)=C(N2CCN(c3cccc(C(F)(F)F)c3)CC2)C1=O. The molecule has 2 N–H and O–H groups in total. The number of piperazine rings is 2. The Labute approximate surface area is 404 Å².